The monoisotopic (exact) mass is 232 g/mol. The van der Waals surface area contributed by atoms with Gasteiger partial charge in [0.2, 0.25) is 0 Å². The molecule has 1 fully saturated rings. The van der Waals surface area contributed by atoms with Crippen molar-refractivity contribution in [1.29, 1.82) is 0 Å². The zero-order valence-corrected chi connectivity index (χ0v) is 10.3. The zero-order chi connectivity index (χ0) is 12.3. The second kappa shape index (κ2) is 5.32. The van der Waals surface area contributed by atoms with Crippen molar-refractivity contribution in [3.05, 3.63) is 35.4 Å². The summed E-state index contributed by atoms with van der Waals surface area (Å²) in [5.41, 5.74) is 7.89. The van der Waals surface area contributed by atoms with Gasteiger partial charge in [0.15, 0.2) is 0 Å². The molecular weight excluding hydrogens is 212 g/mol. The molecule has 92 valence electrons. The summed E-state index contributed by atoms with van der Waals surface area (Å²) in [5, 5.41) is 3.04. The minimum absolute atomic E-state index is 0.00708. The van der Waals surface area contributed by atoms with Gasteiger partial charge in [-0.25, -0.2) is 0 Å². The standard InChI is InChI=1S/C14H20N2O/c1-10-6-8-11(9-7-10)14(17)16-13-5-3-2-4-12(13)15/h6-9,12-13H,2-5,15H2,1H3,(H,16,17). The van der Waals surface area contributed by atoms with Gasteiger partial charge < -0.3 is 11.1 Å². The number of nitrogens with one attached hydrogen (secondary N) is 1. The number of carbonyl (C=O) groups excluding carboxylic acids is 1. The fourth-order valence-corrected chi connectivity index (χ4v) is 2.30. The molecule has 3 heteroatoms. The number of aryl methyl sites for hydroxylation is 1. The van der Waals surface area contributed by atoms with Crippen molar-refractivity contribution < 1.29 is 4.79 Å². The van der Waals surface area contributed by atoms with E-state index in [1.165, 1.54) is 6.42 Å². The van der Waals surface area contributed by atoms with E-state index in [1.54, 1.807) is 0 Å². The first-order valence-corrected chi connectivity index (χ1v) is 6.30. The van der Waals surface area contributed by atoms with E-state index in [1.807, 2.05) is 31.2 Å². The predicted molar refractivity (Wildman–Crippen MR) is 68.9 cm³/mol. The minimum atomic E-state index is -0.00708. The Hall–Kier alpha value is -1.35. The van der Waals surface area contributed by atoms with Crippen LogP contribution in [0.2, 0.25) is 0 Å². The van der Waals surface area contributed by atoms with Crippen molar-refractivity contribution in [3.8, 4) is 0 Å². The van der Waals surface area contributed by atoms with Crippen LogP contribution < -0.4 is 11.1 Å². The molecule has 0 bridgehead atoms. The molecule has 3 nitrogen and oxygen atoms in total. The lowest BCUT2D eigenvalue weighted by Gasteiger charge is -2.29. The van der Waals surface area contributed by atoms with E-state index < -0.39 is 0 Å². The molecule has 2 unspecified atom stereocenters. The molecule has 0 heterocycles. The molecule has 0 aromatic heterocycles. The summed E-state index contributed by atoms with van der Waals surface area (Å²) in [6.07, 6.45) is 4.35. The lowest BCUT2D eigenvalue weighted by Crippen LogP contribution is -2.49. The fourth-order valence-electron chi connectivity index (χ4n) is 2.30. The van der Waals surface area contributed by atoms with E-state index in [4.69, 9.17) is 5.73 Å². The van der Waals surface area contributed by atoms with Gasteiger partial charge in [-0.15, -0.1) is 0 Å². The summed E-state index contributed by atoms with van der Waals surface area (Å²) < 4.78 is 0. The van der Waals surface area contributed by atoms with Crippen LogP contribution in [-0.2, 0) is 0 Å². The van der Waals surface area contributed by atoms with E-state index in [2.05, 4.69) is 5.32 Å². The third kappa shape index (κ3) is 3.07. The molecule has 3 N–H and O–H groups in total. The average molecular weight is 232 g/mol. The zero-order valence-electron chi connectivity index (χ0n) is 10.3. The minimum Gasteiger partial charge on any atom is -0.348 e. The first-order valence-electron chi connectivity index (χ1n) is 6.30. The maximum atomic E-state index is 12.0. The number of benzene rings is 1. The molecular formula is C14H20N2O. The van der Waals surface area contributed by atoms with Gasteiger partial charge in [-0.05, 0) is 31.9 Å². The van der Waals surface area contributed by atoms with Crippen LogP contribution >= 0.6 is 0 Å². The first-order chi connectivity index (χ1) is 8.16. The lowest BCUT2D eigenvalue weighted by molar-refractivity contribution is 0.0921. The van der Waals surface area contributed by atoms with Crippen LogP contribution in [0.3, 0.4) is 0 Å². The third-order valence-electron chi connectivity index (χ3n) is 3.45. The van der Waals surface area contributed by atoms with Gasteiger partial charge in [0, 0.05) is 17.6 Å². The largest absolute Gasteiger partial charge is 0.348 e. The molecule has 1 amide bonds. The number of hydrogen-bond acceptors (Lipinski definition) is 2. The highest BCUT2D eigenvalue weighted by molar-refractivity contribution is 5.94. The number of amides is 1. The summed E-state index contributed by atoms with van der Waals surface area (Å²) in [7, 11) is 0. The maximum absolute atomic E-state index is 12.0. The van der Waals surface area contributed by atoms with Crippen LogP contribution in [0, 0.1) is 6.92 Å². The molecule has 1 aliphatic carbocycles. The van der Waals surface area contributed by atoms with Crippen LogP contribution in [-0.4, -0.2) is 18.0 Å². The summed E-state index contributed by atoms with van der Waals surface area (Å²) in [6, 6.07) is 7.87. The number of carbonyl (C=O) groups is 1. The van der Waals surface area contributed by atoms with Gasteiger partial charge in [-0.2, -0.15) is 0 Å². The molecule has 1 aromatic rings. The van der Waals surface area contributed by atoms with Gasteiger partial charge in [0.1, 0.15) is 0 Å². The van der Waals surface area contributed by atoms with Crippen LogP contribution in [0.4, 0.5) is 0 Å². The van der Waals surface area contributed by atoms with Crippen LogP contribution in [0.25, 0.3) is 0 Å². The number of rotatable bonds is 2. The molecule has 1 aromatic carbocycles. The third-order valence-corrected chi connectivity index (χ3v) is 3.45. The maximum Gasteiger partial charge on any atom is 0.251 e. The predicted octanol–water partition coefficient (Wildman–Crippen LogP) is 1.99. The molecule has 1 aliphatic rings. The number of nitrogens with two attached hydrogens (primary N) is 1. The van der Waals surface area contributed by atoms with Crippen LogP contribution in [0.1, 0.15) is 41.6 Å². The van der Waals surface area contributed by atoms with Crippen molar-refractivity contribution in [1.82, 2.24) is 5.32 Å². The van der Waals surface area contributed by atoms with Gasteiger partial charge in [0.25, 0.3) is 5.91 Å². The Kier molecular flexibility index (Phi) is 3.79. The molecule has 0 aliphatic heterocycles. The Morgan fingerprint density at radius 2 is 1.88 bits per heavy atom. The van der Waals surface area contributed by atoms with E-state index in [0.29, 0.717) is 5.56 Å². The second-order valence-corrected chi connectivity index (χ2v) is 4.89. The van der Waals surface area contributed by atoms with E-state index in [-0.39, 0.29) is 18.0 Å². The molecule has 17 heavy (non-hydrogen) atoms. The van der Waals surface area contributed by atoms with Crippen molar-refractivity contribution >= 4 is 5.91 Å². The van der Waals surface area contributed by atoms with Crippen molar-refractivity contribution in [2.45, 2.75) is 44.7 Å². The summed E-state index contributed by atoms with van der Waals surface area (Å²) in [5.74, 6) is -0.00708. The molecule has 0 saturated heterocycles. The van der Waals surface area contributed by atoms with E-state index in [0.717, 1.165) is 24.8 Å². The van der Waals surface area contributed by atoms with Gasteiger partial charge >= 0.3 is 0 Å². The molecule has 2 rings (SSSR count). The normalized spacial score (nSPS) is 24.4. The number of hydrogen-bond donors (Lipinski definition) is 2. The summed E-state index contributed by atoms with van der Waals surface area (Å²) in [4.78, 5) is 12.0. The quantitative estimate of drug-likeness (QED) is 0.819. The Morgan fingerprint density at radius 1 is 1.24 bits per heavy atom. The van der Waals surface area contributed by atoms with Gasteiger partial charge in [-0.3, -0.25) is 4.79 Å². The lowest BCUT2D eigenvalue weighted by atomic mass is 9.91. The highest BCUT2D eigenvalue weighted by Crippen LogP contribution is 2.17. The highest BCUT2D eigenvalue weighted by atomic mass is 16.1. The van der Waals surface area contributed by atoms with Gasteiger partial charge in [0.05, 0.1) is 0 Å². The van der Waals surface area contributed by atoms with Crippen LogP contribution in [0.15, 0.2) is 24.3 Å². The smallest absolute Gasteiger partial charge is 0.251 e. The Labute approximate surface area is 102 Å². The highest BCUT2D eigenvalue weighted by Gasteiger charge is 2.23. The average Bonchev–Trinajstić information content (AvgIpc) is 2.33. The Balaban J connectivity index is 1.98. The Morgan fingerprint density at radius 3 is 2.53 bits per heavy atom. The van der Waals surface area contributed by atoms with Crippen molar-refractivity contribution in [2.75, 3.05) is 0 Å². The second-order valence-electron chi connectivity index (χ2n) is 4.89. The SMILES string of the molecule is Cc1ccc(C(=O)NC2CCCCC2N)cc1. The van der Waals surface area contributed by atoms with E-state index >= 15 is 0 Å². The summed E-state index contributed by atoms with van der Waals surface area (Å²) >= 11 is 0. The topological polar surface area (TPSA) is 55.1 Å². The Bertz CT molecular complexity index is 386. The van der Waals surface area contributed by atoms with E-state index in [9.17, 15) is 4.79 Å². The fraction of sp³-hybridized carbons (Fsp3) is 0.500. The molecule has 1 saturated carbocycles. The van der Waals surface area contributed by atoms with Crippen molar-refractivity contribution in [3.63, 3.8) is 0 Å². The molecule has 0 radical (unpaired) electrons. The molecule has 0 spiro atoms. The van der Waals surface area contributed by atoms with Gasteiger partial charge in [-0.1, -0.05) is 30.5 Å². The van der Waals surface area contributed by atoms with Crippen molar-refractivity contribution in [2.24, 2.45) is 5.73 Å². The molecule has 2 atom stereocenters. The van der Waals surface area contributed by atoms with Crippen LogP contribution in [0.5, 0.6) is 0 Å². The summed E-state index contributed by atoms with van der Waals surface area (Å²) in [6.45, 7) is 2.01. The first kappa shape index (κ1) is 12.1.